The van der Waals surface area contributed by atoms with Crippen molar-refractivity contribution in [2.45, 2.75) is 24.0 Å². The third-order valence-electron chi connectivity index (χ3n) is 2.49. The number of rotatable bonds is 4. The number of halogens is 2. The lowest BCUT2D eigenvalue weighted by molar-refractivity contribution is -0.144. The summed E-state index contributed by atoms with van der Waals surface area (Å²) >= 11 is 1.31. The number of ether oxygens (including phenoxy) is 1. The maximum atomic E-state index is 13.0. The molecule has 0 heterocycles. The van der Waals surface area contributed by atoms with Crippen LogP contribution in [0.3, 0.4) is 0 Å². The highest BCUT2D eigenvalue weighted by Crippen LogP contribution is 2.29. The van der Waals surface area contributed by atoms with Crippen LogP contribution in [0.2, 0.25) is 0 Å². The van der Waals surface area contributed by atoms with E-state index in [1.165, 1.54) is 24.9 Å². The van der Waals surface area contributed by atoms with Crippen LogP contribution in [-0.2, 0) is 9.53 Å². The molecule has 0 aliphatic carbocycles. The molecule has 5 heteroatoms. The standard InChI is InChI=1S/C12H14F2O2S/c1-7(12(15)16-3)8(2)17-9-4-5-10(13)11(14)6-9/h4-8H,1-3H3. The average Bonchev–Trinajstić information content (AvgIpc) is 2.31. The smallest absolute Gasteiger partial charge is 0.309 e. The largest absolute Gasteiger partial charge is 0.469 e. The molecule has 0 aliphatic rings. The predicted molar refractivity (Wildman–Crippen MR) is 62.9 cm³/mol. The lowest BCUT2D eigenvalue weighted by Crippen LogP contribution is -2.21. The maximum Gasteiger partial charge on any atom is 0.309 e. The van der Waals surface area contributed by atoms with Crippen LogP contribution in [0.4, 0.5) is 8.78 Å². The number of carbonyl (C=O) groups is 1. The van der Waals surface area contributed by atoms with Crippen LogP contribution in [-0.4, -0.2) is 18.3 Å². The Labute approximate surface area is 103 Å². The highest BCUT2D eigenvalue weighted by Gasteiger charge is 2.22. The van der Waals surface area contributed by atoms with Gasteiger partial charge in [-0.05, 0) is 18.2 Å². The lowest BCUT2D eigenvalue weighted by Gasteiger charge is -2.17. The van der Waals surface area contributed by atoms with Crippen molar-refractivity contribution in [2.24, 2.45) is 5.92 Å². The Hall–Kier alpha value is -1.10. The van der Waals surface area contributed by atoms with Crippen molar-refractivity contribution in [2.75, 3.05) is 7.11 Å². The number of hydrogen-bond acceptors (Lipinski definition) is 3. The van der Waals surface area contributed by atoms with E-state index < -0.39 is 11.6 Å². The first-order chi connectivity index (χ1) is 7.95. The van der Waals surface area contributed by atoms with Crippen molar-refractivity contribution >= 4 is 17.7 Å². The maximum absolute atomic E-state index is 13.0. The Morgan fingerprint density at radius 3 is 2.47 bits per heavy atom. The zero-order valence-electron chi connectivity index (χ0n) is 9.87. The van der Waals surface area contributed by atoms with E-state index in [0.717, 1.165) is 12.1 Å². The average molecular weight is 260 g/mol. The van der Waals surface area contributed by atoms with Crippen LogP contribution in [0.15, 0.2) is 23.1 Å². The molecule has 0 fully saturated rings. The zero-order chi connectivity index (χ0) is 13.0. The third-order valence-corrected chi connectivity index (χ3v) is 3.80. The van der Waals surface area contributed by atoms with Crippen molar-refractivity contribution in [3.8, 4) is 0 Å². The van der Waals surface area contributed by atoms with E-state index in [0.29, 0.717) is 4.90 Å². The van der Waals surface area contributed by atoms with Gasteiger partial charge >= 0.3 is 5.97 Å². The van der Waals surface area contributed by atoms with Crippen LogP contribution in [0.1, 0.15) is 13.8 Å². The zero-order valence-corrected chi connectivity index (χ0v) is 10.7. The van der Waals surface area contributed by atoms with Crippen LogP contribution in [0.25, 0.3) is 0 Å². The lowest BCUT2D eigenvalue weighted by atomic mass is 10.1. The molecule has 1 aromatic carbocycles. The molecule has 1 rings (SSSR count). The molecule has 1 aromatic rings. The fourth-order valence-electron chi connectivity index (χ4n) is 1.24. The number of thioether (sulfide) groups is 1. The van der Waals surface area contributed by atoms with E-state index in [-0.39, 0.29) is 17.1 Å². The molecule has 0 amide bonds. The minimum atomic E-state index is -0.882. The second-order valence-electron chi connectivity index (χ2n) is 3.71. The summed E-state index contributed by atoms with van der Waals surface area (Å²) in [4.78, 5) is 11.9. The second kappa shape index (κ2) is 6.00. The molecule has 0 spiro atoms. The van der Waals surface area contributed by atoms with E-state index in [4.69, 9.17) is 0 Å². The van der Waals surface area contributed by atoms with Gasteiger partial charge in [0.25, 0.3) is 0 Å². The van der Waals surface area contributed by atoms with E-state index in [1.807, 2.05) is 6.92 Å². The van der Waals surface area contributed by atoms with Gasteiger partial charge in [-0.3, -0.25) is 4.79 Å². The highest BCUT2D eigenvalue weighted by atomic mass is 32.2. The first kappa shape index (κ1) is 14.0. The molecule has 0 radical (unpaired) electrons. The molecule has 0 aliphatic heterocycles. The van der Waals surface area contributed by atoms with Gasteiger partial charge in [0.1, 0.15) is 0 Å². The van der Waals surface area contributed by atoms with E-state index >= 15 is 0 Å². The number of benzene rings is 1. The molecule has 0 N–H and O–H groups in total. The normalized spacial score (nSPS) is 14.2. The van der Waals surface area contributed by atoms with Gasteiger partial charge in [0.2, 0.25) is 0 Å². The number of carbonyl (C=O) groups excluding carboxylic acids is 1. The summed E-state index contributed by atoms with van der Waals surface area (Å²) in [6.07, 6.45) is 0. The molecular formula is C12H14F2O2S. The molecule has 0 aromatic heterocycles. The molecule has 0 saturated heterocycles. The summed E-state index contributed by atoms with van der Waals surface area (Å²) < 4.78 is 30.3. The molecule has 2 unspecified atom stereocenters. The fraction of sp³-hybridized carbons (Fsp3) is 0.417. The molecule has 94 valence electrons. The highest BCUT2D eigenvalue weighted by molar-refractivity contribution is 8.00. The monoisotopic (exact) mass is 260 g/mol. The summed E-state index contributed by atoms with van der Waals surface area (Å²) in [6.45, 7) is 3.58. The van der Waals surface area contributed by atoms with Gasteiger partial charge in [-0.25, -0.2) is 8.78 Å². The van der Waals surface area contributed by atoms with Crippen molar-refractivity contribution < 1.29 is 18.3 Å². The van der Waals surface area contributed by atoms with Gasteiger partial charge in [0.15, 0.2) is 11.6 Å². The Morgan fingerprint density at radius 1 is 1.29 bits per heavy atom. The Kier molecular flexibility index (Phi) is 4.93. The van der Waals surface area contributed by atoms with Crippen LogP contribution < -0.4 is 0 Å². The van der Waals surface area contributed by atoms with E-state index in [9.17, 15) is 13.6 Å². The Bertz CT molecular complexity index is 409. The predicted octanol–water partition coefficient (Wildman–Crippen LogP) is 3.25. The quantitative estimate of drug-likeness (QED) is 0.614. The van der Waals surface area contributed by atoms with Crippen LogP contribution >= 0.6 is 11.8 Å². The van der Waals surface area contributed by atoms with Gasteiger partial charge in [0, 0.05) is 10.1 Å². The number of methoxy groups -OCH3 is 1. The van der Waals surface area contributed by atoms with Crippen molar-refractivity contribution in [3.05, 3.63) is 29.8 Å². The van der Waals surface area contributed by atoms with Crippen molar-refractivity contribution in [3.63, 3.8) is 0 Å². The van der Waals surface area contributed by atoms with E-state index in [1.54, 1.807) is 6.92 Å². The molecule has 0 bridgehead atoms. The van der Waals surface area contributed by atoms with Crippen molar-refractivity contribution in [1.82, 2.24) is 0 Å². The van der Waals surface area contributed by atoms with Gasteiger partial charge in [-0.2, -0.15) is 0 Å². The summed E-state index contributed by atoms with van der Waals surface area (Å²) in [6, 6.07) is 3.69. The van der Waals surface area contributed by atoms with Gasteiger partial charge in [0.05, 0.1) is 13.0 Å². The van der Waals surface area contributed by atoms with Gasteiger partial charge in [-0.15, -0.1) is 11.8 Å². The van der Waals surface area contributed by atoms with Crippen LogP contribution in [0, 0.1) is 17.6 Å². The number of hydrogen-bond donors (Lipinski definition) is 0. The first-order valence-corrected chi connectivity index (χ1v) is 6.03. The third kappa shape index (κ3) is 3.70. The molecule has 0 saturated carbocycles. The number of esters is 1. The summed E-state index contributed by atoms with van der Waals surface area (Å²) in [5.74, 6) is -2.37. The SMILES string of the molecule is COC(=O)C(C)C(C)Sc1ccc(F)c(F)c1. The van der Waals surface area contributed by atoms with E-state index in [2.05, 4.69) is 4.74 Å². The Balaban J connectivity index is 2.70. The van der Waals surface area contributed by atoms with Gasteiger partial charge in [-0.1, -0.05) is 13.8 Å². The molecule has 2 atom stereocenters. The van der Waals surface area contributed by atoms with Gasteiger partial charge < -0.3 is 4.74 Å². The minimum absolute atomic E-state index is 0.0766. The summed E-state index contributed by atoms with van der Waals surface area (Å²) in [5, 5.41) is -0.0766. The molecule has 2 nitrogen and oxygen atoms in total. The molecular weight excluding hydrogens is 246 g/mol. The summed E-state index contributed by atoms with van der Waals surface area (Å²) in [7, 11) is 1.33. The second-order valence-corrected chi connectivity index (χ2v) is 5.16. The Morgan fingerprint density at radius 2 is 1.94 bits per heavy atom. The first-order valence-electron chi connectivity index (χ1n) is 5.15. The fourth-order valence-corrected chi connectivity index (χ4v) is 2.31. The van der Waals surface area contributed by atoms with Crippen LogP contribution in [0.5, 0.6) is 0 Å². The minimum Gasteiger partial charge on any atom is -0.469 e. The van der Waals surface area contributed by atoms with Crippen molar-refractivity contribution in [1.29, 1.82) is 0 Å². The summed E-state index contributed by atoms with van der Waals surface area (Å²) in [5.41, 5.74) is 0. The molecule has 17 heavy (non-hydrogen) atoms. The topological polar surface area (TPSA) is 26.3 Å².